The Morgan fingerprint density at radius 3 is 2.93 bits per heavy atom. The Labute approximate surface area is 97.6 Å². The van der Waals surface area contributed by atoms with E-state index in [0.29, 0.717) is 0 Å². The number of halogens is 1. The summed E-state index contributed by atoms with van der Waals surface area (Å²) in [5.74, 6) is 0. The van der Waals surface area contributed by atoms with Crippen molar-refractivity contribution in [1.82, 2.24) is 0 Å². The Kier molecular flexibility index (Phi) is 4.89. The lowest BCUT2D eigenvalue weighted by molar-refractivity contribution is -0.0908. The smallest absolute Gasteiger partial charge is 0.154 e. The quantitative estimate of drug-likeness (QED) is 0.690. The minimum absolute atomic E-state index is 0.196. The summed E-state index contributed by atoms with van der Waals surface area (Å²) in [5, 5.41) is 9.41. The van der Waals surface area contributed by atoms with E-state index in [-0.39, 0.29) is 11.5 Å². The molecule has 1 rings (SSSR count). The van der Waals surface area contributed by atoms with Crippen LogP contribution in [-0.4, -0.2) is 17.1 Å². The van der Waals surface area contributed by atoms with Crippen molar-refractivity contribution in [2.75, 3.05) is 0 Å². The molecule has 0 spiro atoms. The molecule has 2 nitrogen and oxygen atoms in total. The van der Waals surface area contributed by atoms with E-state index in [0.717, 1.165) is 38.5 Å². The van der Waals surface area contributed by atoms with Gasteiger partial charge in [-0.05, 0) is 52.4 Å². The highest BCUT2D eigenvalue weighted by molar-refractivity contribution is 6.20. The number of rotatable bonds is 4. The maximum absolute atomic E-state index is 9.22. The van der Waals surface area contributed by atoms with Gasteiger partial charge in [-0.3, -0.25) is 0 Å². The molecule has 3 atom stereocenters. The third-order valence-corrected chi connectivity index (χ3v) is 3.22. The number of hydrogen-bond donors (Lipinski definition) is 0. The fourth-order valence-electron chi connectivity index (χ4n) is 2.17. The first-order chi connectivity index (χ1) is 7.08. The van der Waals surface area contributed by atoms with E-state index in [1.807, 2.05) is 6.92 Å². The van der Waals surface area contributed by atoms with Gasteiger partial charge in [0, 0.05) is 5.38 Å². The van der Waals surface area contributed by atoms with E-state index in [1.54, 1.807) is 0 Å². The van der Waals surface area contributed by atoms with Crippen molar-refractivity contribution in [3.05, 3.63) is 0 Å². The first-order valence-electron chi connectivity index (χ1n) is 5.81. The number of nitriles is 1. The van der Waals surface area contributed by atoms with Crippen molar-refractivity contribution in [2.24, 2.45) is 0 Å². The molecular weight excluding hydrogens is 210 g/mol. The average Bonchev–Trinajstić information content (AvgIpc) is 2.17. The van der Waals surface area contributed by atoms with Gasteiger partial charge in [-0.1, -0.05) is 0 Å². The summed E-state index contributed by atoms with van der Waals surface area (Å²) in [6.07, 6.45) is 6.05. The molecule has 3 heteroatoms. The van der Waals surface area contributed by atoms with Crippen LogP contribution in [0.2, 0.25) is 0 Å². The van der Waals surface area contributed by atoms with Crippen molar-refractivity contribution in [1.29, 1.82) is 5.26 Å². The molecule has 0 aromatic rings. The van der Waals surface area contributed by atoms with Gasteiger partial charge in [-0.25, -0.2) is 0 Å². The van der Waals surface area contributed by atoms with Crippen LogP contribution in [0.3, 0.4) is 0 Å². The van der Waals surface area contributed by atoms with E-state index in [2.05, 4.69) is 13.0 Å². The van der Waals surface area contributed by atoms with Gasteiger partial charge in [0.15, 0.2) is 5.60 Å². The van der Waals surface area contributed by atoms with Crippen molar-refractivity contribution in [2.45, 2.75) is 69.5 Å². The molecule has 1 fully saturated rings. The van der Waals surface area contributed by atoms with E-state index in [1.165, 1.54) is 0 Å². The fourth-order valence-corrected chi connectivity index (χ4v) is 2.32. The minimum atomic E-state index is -0.524. The van der Waals surface area contributed by atoms with Crippen LogP contribution in [0, 0.1) is 11.3 Å². The lowest BCUT2D eigenvalue weighted by Crippen LogP contribution is -2.38. The molecular formula is C12H20ClNO. The zero-order valence-electron chi connectivity index (χ0n) is 9.63. The van der Waals surface area contributed by atoms with E-state index < -0.39 is 5.60 Å². The standard InChI is InChI=1S/C12H20ClNO/c1-10(13)5-3-7-12(9-14)8-4-6-11(2)15-12/h10-11H,3-8H2,1-2H3/t10-,11-,12+/m0/s1. The van der Waals surface area contributed by atoms with Crippen LogP contribution in [0.4, 0.5) is 0 Å². The van der Waals surface area contributed by atoms with Gasteiger partial charge in [0.2, 0.25) is 0 Å². The number of alkyl halides is 1. The fraction of sp³-hybridized carbons (Fsp3) is 0.917. The number of nitrogens with zero attached hydrogens (tertiary/aromatic N) is 1. The number of hydrogen-bond acceptors (Lipinski definition) is 2. The third kappa shape index (κ3) is 4.01. The predicted octanol–water partition coefficient (Wildman–Crippen LogP) is 3.64. The van der Waals surface area contributed by atoms with Gasteiger partial charge < -0.3 is 4.74 Å². The van der Waals surface area contributed by atoms with E-state index in [9.17, 15) is 5.26 Å². The van der Waals surface area contributed by atoms with Crippen LogP contribution in [0.5, 0.6) is 0 Å². The summed E-state index contributed by atoms with van der Waals surface area (Å²) in [4.78, 5) is 0. The van der Waals surface area contributed by atoms with Crippen LogP contribution in [-0.2, 0) is 4.74 Å². The molecule has 1 saturated heterocycles. The van der Waals surface area contributed by atoms with Crippen molar-refractivity contribution in [3.8, 4) is 6.07 Å². The molecule has 15 heavy (non-hydrogen) atoms. The summed E-state index contributed by atoms with van der Waals surface area (Å²) in [6.45, 7) is 4.04. The second-order valence-corrected chi connectivity index (χ2v) is 5.34. The molecule has 0 aromatic heterocycles. The third-order valence-electron chi connectivity index (χ3n) is 3.00. The molecule has 86 valence electrons. The molecule has 0 aliphatic carbocycles. The molecule has 0 N–H and O–H groups in total. The first-order valence-corrected chi connectivity index (χ1v) is 6.25. The molecule has 0 unspecified atom stereocenters. The van der Waals surface area contributed by atoms with Crippen LogP contribution in [0.25, 0.3) is 0 Å². The van der Waals surface area contributed by atoms with Crippen LogP contribution in [0.15, 0.2) is 0 Å². The van der Waals surface area contributed by atoms with Gasteiger partial charge in [0.05, 0.1) is 12.2 Å². The van der Waals surface area contributed by atoms with Crippen LogP contribution >= 0.6 is 11.6 Å². The molecule has 0 amide bonds. The van der Waals surface area contributed by atoms with Crippen molar-refractivity contribution < 1.29 is 4.74 Å². The van der Waals surface area contributed by atoms with Gasteiger partial charge >= 0.3 is 0 Å². The summed E-state index contributed by atoms with van der Waals surface area (Å²) in [5.41, 5.74) is -0.524. The summed E-state index contributed by atoms with van der Waals surface area (Å²) in [7, 11) is 0. The first kappa shape index (κ1) is 12.8. The lowest BCUT2D eigenvalue weighted by Gasteiger charge is -2.35. The van der Waals surface area contributed by atoms with E-state index in [4.69, 9.17) is 16.3 Å². The summed E-state index contributed by atoms with van der Waals surface area (Å²) < 4.78 is 5.80. The molecule has 1 aliphatic rings. The van der Waals surface area contributed by atoms with Gasteiger partial charge in [0.25, 0.3) is 0 Å². The number of ether oxygens (including phenoxy) is 1. The van der Waals surface area contributed by atoms with Crippen LogP contribution < -0.4 is 0 Å². The summed E-state index contributed by atoms with van der Waals surface area (Å²) >= 11 is 5.89. The highest BCUT2D eigenvalue weighted by Gasteiger charge is 2.35. The Hall–Kier alpha value is -0.260. The molecule has 1 heterocycles. The zero-order valence-corrected chi connectivity index (χ0v) is 10.4. The molecule has 0 saturated carbocycles. The van der Waals surface area contributed by atoms with E-state index >= 15 is 0 Å². The highest BCUT2D eigenvalue weighted by Crippen LogP contribution is 2.32. The average molecular weight is 230 g/mol. The minimum Gasteiger partial charge on any atom is -0.357 e. The second-order valence-electron chi connectivity index (χ2n) is 4.60. The molecule has 0 radical (unpaired) electrons. The molecule has 0 aromatic carbocycles. The highest BCUT2D eigenvalue weighted by atomic mass is 35.5. The Bertz CT molecular complexity index is 236. The lowest BCUT2D eigenvalue weighted by atomic mass is 9.88. The maximum Gasteiger partial charge on any atom is 0.154 e. The molecule has 0 bridgehead atoms. The summed E-state index contributed by atoms with van der Waals surface area (Å²) in [6, 6.07) is 2.36. The largest absolute Gasteiger partial charge is 0.357 e. The Morgan fingerprint density at radius 1 is 1.67 bits per heavy atom. The normalized spacial score (nSPS) is 33.3. The Balaban J connectivity index is 2.42. The van der Waals surface area contributed by atoms with Gasteiger partial charge in [0.1, 0.15) is 0 Å². The van der Waals surface area contributed by atoms with Crippen molar-refractivity contribution in [3.63, 3.8) is 0 Å². The van der Waals surface area contributed by atoms with Gasteiger partial charge in [-0.2, -0.15) is 5.26 Å². The predicted molar refractivity (Wildman–Crippen MR) is 61.9 cm³/mol. The van der Waals surface area contributed by atoms with Gasteiger partial charge in [-0.15, -0.1) is 11.6 Å². The Morgan fingerprint density at radius 2 is 2.40 bits per heavy atom. The zero-order chi connectivity index (χ0) is 11.3. The molecule has 1 aliphatic heterocycles. The monoisotopic (exact) mass is 229 g/mol. The maximum atomic E-state index is 9.22. The topological polar surface area (TPSA) is 33.0 Å². The van der Waals surface area contributed by atoms with Crippen LogP contribution in [0.1, 0.15) is 52.4 Å². The van der Waals surface area contributed by atoms with Crippen molar-refractivity contribution >= 4 is 11.6 Å². The SMILES string of the molecule is C[C@H](Cl)CCC[C@]1(C#N)CCC[C@H](C)O1. The second kappa shape index (κ2) is 5.72.